The maximum atomic E-state index is 12.2. The van der Waals surface area contributed by atoms with E-state index in [0.29, 0.717) is 12.2 Å². The Morgan fingerprint density at radius 2 is 1.96 bits per heavy atom. The summed E-state index contributed by atoms with van der Waals surface area (Å²) in [6, 6.07) is 6.58. The SMILES string of the molecule is NC(C(=O)COc1cccc(CC2SC(=O)NC2=O)c1)c1cc(=O)[nH]c(=O)[nH]1. The molecule has 2 unspecified atom stereocenters. The van der Waals surface area contributed by atoms with Gasteiger partial charge in [0.1, 0.15) is 18.4 Å². The molecule has 2 amide bonds. The fourth-order valence-corrected chi connectivity index (χ4v) is 3.44. The Bertz CT molecular complexity index is 1020. The number of ether oxygens (including phenoxy) is 1. The van der Waals surface area contributed by atoms with Crippen LogP contribution in [0.4, 0.5) is 4.79 Å². The Labute approximate surface area is 161 Å². The van der Waals surface area contributed by atoms with Gasteiger partial charge in [0.25, 0.3) is 10.8 Å². The molecule has 0 radical (unpaired) electrons. The summed E-state index contributed by atoms with van der Waals surface area (Å²) in [5.41, 5.74) is 5.10. The zero-order chi connectivity index (χ0) is 20.3. The zero-order valence-corrected chi connectivity index (χ0v) is 15.2. The summed E-state index contributed by atoms with van der Waals surface area (Å²) in [6.45, 7) is -0.378. The number of nitrogens with two attached hydrogens (primary N) is 1. The van der Waals surface area contributed by atoms with Crippen molar-refractivity contribution in [1.29, 1.82) is 0 Å². The molecule has 2 atom stereocenters. The predicted octanol–water partition coefficient (Wildman–Crippen LogP) is -0.395. The van der Waals surface area contributed by atoms with Crippen molar-refractivity contribution in [3.8, 4) is 5.75 Å². The molecule has 1 fully saturated rings. The minimum absolute atomic E-state index is 0.00922. The van der Waals surface area contributed by atoms with E-state index in [4.69, 9.17) is 10.5 Å². The minimum Gasteiger partial charge on any atom is -0.486 e. The van der Waals surface area contributed by atoms with Gasteiger partial charge in [-0.2, -0.15) is 0 Å². The maximum absolute atomic E-state index is 12.2. The molecule has 0 aliphatic carbocycles. The first-order chi connectivity index (χ1) is 13.3. The highest BCUT2D eigenvalue weighted by Gasteiger charge is 2.31. The Hall–Kier alpha value is -3.18. The molecule has 3 rings (SSSR count). The first-order valence-corrected chi connectivity index (χ1v) is 9.05. The fourth-order valence-electron chi connectivity index (χ4n) is 2.58. The number of carbonyl (C=O) groups is 3. The van der Waals surface area contributed by atoms with Crippen molar-refractivity contribution in [1.82, 2.24) is 15.3 Å². The van der Waals surface area contributed by atoms with Crippen LogP contribution in [0.3, 0.4) is 0 Å². The largest absolute Gasteiger partial charge is 0.486 e. The van der Waals surface area contributed by atoms with Crippen molar-refractivity contribution < 1.29 is 19.1 Å². The lowest BCUT2D eigenvalue weighted by Gasteiger charge is -2.12. The van der Waals surface area contributed by atoms with Gasteiger partial charge in [0.15, 0.2) is 5.78 Å². The Morgan fingerprint density at radius 3 is 2.64 bits per heavy atom. The quantitative estimate of drug-likeness (QED) is 0.484. The first kappa shape index (κ1) is 19.6. The smallest absolute Gasteiger partial charge is 0.325 e. The molecule has 2 heterocycles. The molecular formula is C17H16N4O6S. The number of aromatic amines is 2. The standard InChI is InChI=1S/C17H16N4O6S/c18-14(10-6-13(23)20-16(25)19-10)11(22)7-27-9-3-1-2-8(4-9)5-12-15(24)21-17(26)28-12/h1-4,6,12,14H,5,7,18H2,(H,21,24,26)(H2,19,20,23,25). The molecule has 0 saturated carbocycles. The van der Waals surface area contributed by atoms with Gasteiger partial charge >= 0.3 is 5.69 Å². The van der Waals surface area contributed by atoms with Crippen LogP contribution in [-0.4, -0.2) is 38.8 Å². The number of thioether (sulfide) groups is 1. The molecule has 0 spiro atoms. The van der Waals surface area contributed by atoms with Crippen molar-refractivity contribution >= 4 is 28.7 Å². The summed E-state index contributed by atoms with van der Waals surface area (Å²) in [5.74, 6) is -0.496. The van der Waals surface area contributed by atoms with Crippen molar-refractivity contribution in [3.05, 3.63) is 62.4 Å². The van der Waals surface area contributed by atoms with Gasteiger partial charge in [-0.3, -0.25) is 29.5 Å². The molecule has 146 valence electrons. The van der Waals surface area contributed by atoms with Crippen LogP contribution in [0.15, 0.2) is 39.9 Å². The average molecular weight is 404 g/mol. The lowest BCUT2D eigenvalue weighted by molar-refractivity contribution is -0.122. The number of Topliss-reactive ketones (excluding diaryl/α,β-unsaturated/α-hetero) is 1. The highest BCUT2D eigenvalue weighted by Crippen LogP contribution is 2.24. The van der Waals surface area contributed by atoms with Crippen LogP contribution < -0.4 is 27.0 Å². The van der Waals surface area contributed by atoms with Crippen LogP contribution in [-0.2, 0) is 16.0 Å². The summed E-state index contributed by atoms with van der Waals surface area (Å²) < 4.78 is 5.44. The first-order valence-electron chi connectivity index (χ1n) is 8.17. The molecule has 1 aliphatic heterocycles. The van der Waals surface area contributed by atoms with Crippen LogP contribution in [0, 0.1) is 0 Å². The van der Waals surface area contributed by atoms with Gasteiger partial charge in [-0.05, 0) is 24.1 Å². The molecule has 1 saturated heterocycles. The second-order valence-corrected chi connectivity index (χ2v) is 7.19. The second kappa shape index (κ2) is 8.23. The van der Waals surface area contributed by atoms with E-state index in [9.17, 15) is 24.0 Å². The van der Waals surface area contributed by atoms with E-state index in [0.717, 1.165) is 23.4 Å². The number of amides is 2. The van der Waals surface area contributed by atoms with Gasteiger partial charge in [-0.15, -0.1) is 0 Å². The van der Waals surface area contributed by atoms with Crippen molar-refractivity contribution in [3.63, 3.8) is 0 Å². The van der Waals surface area contributed by atoms with E-state index in [1.807, 2.05) is 4.98 Å². The molecule has 1 aromatic carbocycles. The van der Waals surface area contributed by atoms with Gasteiger partial charge in [-0.1, -0.05) is 23.9 Å². The number of hydrogen-bond acceptors (Lipinski definition) is 8. The number of aromatic nitrogens is 2. The summed E-state index contributed by atoms with van der Waals surface area (Å²) in [6.07, 6.45) is 0.334. The van der Waals surface area contributed by atoms with Crippen molar-refractivity contribution in [2.75, 3.05) is 6.61 Å². The van der Waals surface area contributed by atoms with E-state index in [-0.39, 0.29) is 23.4 Å². The summed E-state index contributed by atoms with van der Waals surface area (Å²) in [4.78, 5) is 62.0. The number of ketones is 1. The number of nitrogens with one attached hydrogen (secondary N) is 3. The summed E-state index contributed by atoms with van der Waals surface area (Å²) >= 11 is 0.928. The predicted molar refractivity (Wildman–Crippen MR) is 100 cm³/mol. The van der Waals surface area contributed by atoms with Gasteiger partial charge in [0.2, 0.25) is 5.91 Å². The lowest BCUT2D eigenvalue weighted by Crippen LogP contribution is -2.32. The number of rotatable bonds is 7. The molecular weight excluding hydrogens is 388 g/mol. The molecule has 0 bridgehead atoms. The number of H-pyrrole nitrogens is 2. The van der Waals surface area contributed by atoms with Crippen LogP contribution in [0.1, 0.15) is 17.3 Å². The third-order valence-electron chi connectivity index (χ3n) is 3.93. The molecule has 11 heteroatoms. The van der Waals surface area contributed by atoms with Crippen LogP contribution in [0.5, 0.6) is 5.75 Å². The number of hydrogen-bond donors (Lipinski definition) is 4. The summed E-state index contributed by atoms with van der Waals surface area (Å²) in [7, 11) is 0. The topological polar surface area (TPSA) is 164 Å². The second-order valence-electron chi connectivity index (χ2n) is 6.01. The lowest BCUT2D eigenvalue weighted by atomic mass is 10.1. The third kappa shape index (κ3) is 4.75. The Kier molecular flexibility index (Phi) is 5.76. The van der Waals surface area contributed by atoms with Crippen LogP contribution in [0.2, 0.25) is 0 Å². The molecule has 1 aliphatic rings. The van der Waals surface area contributed by atoms with Crippen molar-refractivity contribution in [2.45, 2.75) is 17.7 Å². The van der Waals surface area contributed by atoms with Gasteiger partial charge in [0, 0.05) is 11.8 Å². The van der Waals surface area contributed by atoms with E-state index in [1.165, 1.54) is 0 Å². The molecule has 28 heavy (non-hydrogen) atoms. The van der Waals surface area contributed by atoms with E-state index in [1.54, 1.807) is 24.3 Å². The van der Waals surface area contributed by atoms with Gasteiger partial charge < -0.3 is 15.5 Å². The zero-order valence-electron chi connectivity index (χ0n) is 14.4. The monoisotopic (exact) mass is 404 g/mol. The Morgan fingerprint density at radius 1 is 1.18 bits per heavy atom. The molecule has 1 aromatic heterocycles. The summed E-state index contributed by atoms with van der Waals surface area (Å²) in [5, 5.41) is 1.34. The van der Waals surface area contributed by atoms with Crippen molar-refractivity contribution in [2.24, 2.45) is 5.73 Å². The molecule has 5 N–H and O–H groups in total. The Balaban J connectivity index is 1.62. The van der Waals surface area contributed by atoms with Gasteiger partial charge in [-0.25, -0.2) is 4.79 Å². The van der Waals surface area contributed by atoms with E-state index in [2.05, 4.69) is 10.3 Å². The molecule has 2 aromatic rings. The minimum atomic E-state index is -1.22. The fraction of sp³-hybridized carbons (Fsp3) is 0.235. The number of imide groups is 1. The van der Waals surface area contributed by atoms with E-state index >= 15 is 0 Å². The highest BCUT2D eigenvalue weighted by atomic mass is 32.2. The van der Waals surface area contributed by atoms with Crippen LogP contribution >= 0.6 is 11.8 Å². The maximum Gasteiger partial charge on any atom is 0.325 e. The van der Waals surface area contributed by atoms with E-state index < -0.39 is 28.3 Å². The third-order valence-corrected chi connectivity index (χ3v) is 4.91. The van der Waals surface area contributed by atoms with Gasteiger partial charge in [0.05, 0.1) is 5.25 Å². The number of carbonyl (C=O) groups excluding carboxylic acids is 3. The van der Waals surface area contributed by atoms with Crippen LogP contribution in [0.25, 0.3) is 0 Å². The average Bonchev–Trinajstić information content (AvgIpc) is 2.95. The highest BCUT2D eigenvalue weighted by molar-refractivity contribution is 8.15. The number of benzene rings is 1. The normalized spacial score (nSPS) is 17.2. The molecule has 10 nitrogen and oxygen atoms in total.